The molecule has 0 radical (unpaired) electrons. The third-order valence-corrected chi connectivity index (χ3v) is 4.32. The third-order valence-electron chi connectivity index (χ3n) is 3.49. The van der Waals surface area contributed by atoms with Crippen LogP contribution in [0.5, 0.6) is 0 Å². The van der Waals surface area contributed by atoms with Crippen LogP contribution in [0.1, 0.15) is 22.9 Å². The molecule has 0 atom stereocenters. The summed E-state index contributed by atoms with van der Waals surface area (Å²) in [6, 6.07) is 9.23. The summed E-state index contributed by atoms with van der Waals surface area (Å²) in [4.78, 5) is 23.1. The lowest BCUT2D eigenvalue weighted by Gasteiger charge is -2.20. The molecule has 0 saturated heterocycles. The van der Waals surface area contributed by atoms with Crippen LogP contribution in [0.4, 0.5) is 0 Å². The number of furan rings is 2. The van der Waals surface area contributed by atoms with Crippen molar-refractivity contribution >= 4 is 17.7 Å². The SMILES string of the molecule is Cc1cc(C)nc(SCC(=O)N(Cc2ccco2)Cc2ccco2)n1. The van der Waals surface area contributed by atoms with Crippen LogP contribution in [0.2, 0.25) is 0 Å². The molecule has 130 valence electrons. The largest absolute Gasteiger partial charge is 0.467 e. The molecule has 0 aliphatic rings. The summed E-state index contributed by atoms with van der Waals surface area (Å²) in [6.45, 7) is 4.61. The van der Waals surface area contributed by atoms with E-state index in [4.69, 9.17) is 8.83 Å². The van der Waals surface area contributed by atoms with Gasteiger partial charge in [0.25, 0.3) is 0 Å². The maximum Gasteiger partial charge on any atom is 0.233 e. The molecule has 3 aromatic heterocycles. The van der Waals surface area contributed by atoms with Crippen LogP contribution in [-0.4, -0.2) is 26.5 Å². The van der Waals surface area contributed by atoms with Gasteiger partial charge in [-0.05, 0) is 44.2 Å². The molecule has 25 heavy (non-hydrogen) atoms. The van der Waals surface area contributed by atoms with E-state index in [1.54, 1.807) is 17.4 Å². The van der Waals surface area contributed by atoms with E-state index in [2.05, 4.69) is 9.97 Å². The average Bonchev–Trinajstić information content (AvgIpc) is 3.25. The fourth-order valence-corrected chi connectivity index (χ4v) is 3.24. The van der Waals surface area contributed by atoms with Crippen molar-refractivity contribution in [3.05, 3.63) is 65.8 Å². The van der Waals surface area contributed by atoms with Crippen molar-refractivity contribution in [2.24, 2.45) is 0 Å². The average molecular weight is 357 g/mol. The number of aryl methyl sites for hydroxylation is 2. The Hall–Kier alpha value is -2.54. The standard InChI is InChI=1S/C18H19N3O3S/c1-13-9-14(2)20-18(19-13)25-12-17(22)21(10-15-5-3-7-23-15)11-16-6-4-8-24-16/h3-9H,10-12H2,1-2H3. The van der Waals surface area contributed by atoms with Crippen LogP contribution in [0.15, 0.2) is 56.8 Å². The van der Waals surface area contributed by atoms with Crippen molar-refractivity contribution < 1.29 is 13.6 Å². The fraction of sp³-hybridized carbons (Fsp3) is 0.278. The topological polar surface area (TPSA) is 72.4 Å². The van der Waals surface area contributed by atoms with Crippen LogP contribution in [-0.2, 0) is 17.9 Å². The number of carbonyl (C=O) groups is 1. The molecule has 6 nitrogen and oxygen atoms in total. The summed E-state index contributed by atoms with van der Waals surface area (Å²) >= 11 is 1.34. The summed E-state index contributed by atoms with van der Waals surface area (Å²) in [5.41, 5.74) is 1.79. The predicted octanol–water partition coefficient (Wildman–Crippen LogP) is 3.60. The van der Waals surface area contributed by atoms with Gasteiger partial charge in [0.15, 0.2) is 5.16 Å². The minimum absolute atomic E-state index is 0.0273. The number of thioether (sulfide) groups is 1. The Kier molecular flexibility index (Phi) is 5.55. The minimum atomic E-state index is -0.0273. The fourth-order valence-electron chi connectivity index (χ4n) is 2.39. The molecule has 3 heterocycles. The molecule has 0 aliphatic heterocycles. The van der Waals surface area contributed by atoms with Gasteiger partial charge in [0.2, 0.25) is 5.91 Å². The smallest absolute Gasteiger partial charge is 0.233 e. The van der Waals surface area contributed by atoms with Crippen LogP contribution >= 0.6 is 11.8 Å². The molecular formula is C18H19N3O3S. The van der Waals surface area contributed by atoms with E-state index in [-0.39, 0.29) is 11.7 Å². The number of aromatic nitrogens is 2. The Morgan fingerprint density at radius 3 is 2.08 bits per heavy atom. The summed E-state index contributed by atoms with van der Waals surface area (Å²) < 4.78 is 10.7. The highest BCUT2D eigenvalue weighted by Gasteiger charge is 2.18. The zero-order valence-electron chi connectivity index (χ0n) is 14.1. The summed E-state index contributed by atoms with van der Waals surface area (Å²) in [6.07, 6.45) is 3.20. The van der Waals surface area contributed by atoms with Gasteiger partial charge in [-0.3, -0.25) is 4.79 Å². The lowest BCUT2D eigenvalue weighted by molar-refractivity contribution is -0.130. The Bertz CT molecular complexity index is 760. The number of hydrogen-bond acceptors (Lipinski definition) is 6. The predicted molar refractivity (Wildman–Crippen MR) is 93.9 cm³/mol. The Balaban J connectivity index is 1.67. The molecule has 0 unspecified atom stereocenters. The van der Waals surface area contributed by atoms with E-state index in [1.807, 2.05) is 44.2 Å². The number of rotatable bonds is 7. The first-order chi connectivity index (χ1) is 12.1. The molecule has 0 aliphatic carbocycles. The zero-order valence-corrected chi connectivity index (χ0v) is 15.0. The van der Waals surface area contributed by atoms with Crippen LogP contribution in [0.3, 0.4) is 0 Å². The molecule has 1 amide bonds. The molecular weight excluding hydrogens is 338 g/mol. The van der Waals surface area contributed by atoms with E-state index < -0.39 is 0 Å². The first-order valence-corrected chi connectivity index (χ1v) is 8.86. The molecule has 0 fully saturated rings. The van der Waals surface area contributed by atoms with Gasteiger partial charge in [-0.1, -0.05) is 11.8 Å². The van der Waals surface area contributed by atoms with Gasteiger partial charge in [0.05, 0.1) is 31.4 Å². The molecule has 0 aromatic carbocycles. The van der Waals surface area contributed by atoms with Gasteiger partial charge >= 0.3 is 0 Å². The lowest BCUT2D eigenvalue weighted by atomic mass is 10.3. The Morgan fingerprint density at radius 2 is 1.60 bits per heavy atom. The second kappa shape index (κ2) is 8.02. The number of amides is 1. The van der Waals surface area contributed by atoms with Gasteiger partial charge in [0, 0.05) is 11.4 Å². The zero-order chi connectivity index (χ0) is 17.6. The number of nitrogens with zero attached hydrogens (tertiary/aromatic N) is 3. The number of carbonyl (C=O) groups excluding carboxylic acids is 1. The quantitative estimate of drug-likeness (QED) is 0.475. The third kappa shape index (κ3) is 4.96. The van der Waals surface area contributed by atoms with Crippen LogP contribution < -0.4 is 0 Å². The summed E-state index contributed by atoms with van der Waals surface area (Å²) in [5, 5.41) is 0.613. The molecule has 0 spiro atoms. The van der Waals surface area contributed by atoms with Crippen molar-refractivity contribution in [3.63, 3.8) is 0 Å². The van der Waals surface area contributed by atoms with Crippen molar-refractivity contribution in [1.29, 1.82) is 0 Å². The normalized spacial score (nSPS) is 10.8. The van der Waals surface area contributed by atoms with E-state index in [1.165, 1.54) is 11.8 Å². The van der Waals surface area contributed by atoms with Crippen LogP contribution in [0, 0.1) is 13.8 Å². The Morgan fingerprint density at radius 1 is 1.04 bits per heavy atom. The maximum absolute atomic E-state index is 12.7. The van der Waals surface area contributed by atoms with Gasteiger partial charge < -0.3 is 13.7 Å². The van der Waals surface area contributed by atoms with Gasteiger partial charge in [-0.2, -0.15) is 0 Å². The molecule has 0 bridgehead atoms. The minimum Gasteiger partial charge on any atom is -0.467 e. The highest BCUT2D eigenvalue weighted by atomic mass is 32.2. The van der Waals surface area contributed by atoms with Crippen molar-refractivity contribution in [1.82, 2.24) is 14.9 Å². The Labute approximate surface area is 150 Å². The van der Waals surface area contributed by atoms with E-state index >= 15 is 0 Å². The number of hydrogen-bond donors (Lipinski definition) is 0. The molecule has 3 aromatic rings. The second-order valence-electron chi connectivity index (χ2n) is 5.63. The van der Waals surface area contributed by atoms with E-state index in [9.17, 15) is 4.79 Å². The molecule has 0 saturated carbocycles. The first-order valence-electron chi connectivity index (χ1n) is 7.88. The van der Waals surface area contributed by atoms with Crippen molar-refractivity contribution in [3.8, 4) is 0 Å². The van der Waals surface area contributed by atoms with E-state index in [0.29, 0.717) is 18.2 Å². The van der Waals surface area contributed by atoms with E-state index in [0.717, 1.165) is 22.9 Å². The van der Waals surface area contributed by atoms with Crippen molar-refractivity contribution in [2.45, 2.75) is 32.1 Å². The molecule has 0 N–H and O–H groups in total. The highest BCUT2D eigenvalue weighted by molar-refractivity contribution is 7.99. The summed E-state index contributed by atoms with van der Waals surface area (Å²) in [7, 11) is 0. The van der Waals surface area contributed by atoms with Crippen molar-refractivity contribution in [2.75, 3.05) is 5.75 Å². The van der Waals surface area contributed by atoms with Gasteiger partial charge in [0.1, 0.15) is 11.5 Å². The second-order valence-corrected chi connectivity index (χ2v) is 6.57. The highest BCUT2D eigenvalue weighted by Crippen LogP contribution is 2.17. The van der Waals surface area contributed by atoms with Gasteiger partial charge in [-0.15, -0.1) is 0 Å². The molecule has 7 heteroatoms. The first kappa shape index (κ1) is 17.3. The summed E-state index contributed by atoms with van der Waals surface area (Å²) in [5.74, 6) is 1.69. The molecule has 3 rings (SSSR count). The monoisotopic (exact) mass is 357 g/mol. The lowest BCUT2D eigenvalue weighted by Crippen LogP contribution is -2.31. The van der Waals surface area contributed by atoms with Crippen LogP contribution in [0.25, 0.3) is 0 Å². The maximum atomic E-state index is 12.7. The van der Waals surface area contributed by atoms with Gasteiger partial charge in [-0.25, -0.2) is 9.97 Å².